The maximum Gasteiger partial charge on any atom is 0.153 e. The molecular weight excluding hydrogens is 256 g/mol. The van der Waals surface area contributed by atoms with Crippen molar-refractivity contribution >= 4 is 6.29 Å². The van der Waals surface area contributed by atoms with Gasteiger partial charge in [0, 0.05) is 12.3 Å². The zero-order valence-electron chi connectivity index (χ0n) is 10.9. The summed E-state index contributed by atoms with van der Waals surface area (Å²) in [5.41, 5.74) is 1.57. The molecule has 0 saturated heterocycles. The van der Waals surface area contributed by atoms with Gasteiger partial charge in [0.25, 0.3) is 0 Å². The largest absolute Gasteiger partial charge is 0.497 e. The summed E-state index contributed by atoms with van der Waals surface area (Å²) in [5, 5.41) is 8.78. The van der Waals surface area contributed by atoms with Crippen molar-refractivity contribution in [2.45, 2.75) is 6.61 Å². The average molecular weight is 268 g/mol. The van der Waals surface area contributed by atoms with E-state index in [1.165, 1.54) is 0 Å². The molecule has 100 valence electrons. The van der Waals surface area contributed by atoms with Gasteiger partial charge < -0.3 is 9.47 Å². The van der Waals surface area contributed by atoms with Crippen LogP contribution in [0.25, 0.3) is 0 Å². The third kappa shape index (κ3) is 3.12. The number of carbonyl (C=O) groups excluding carboxylic acids is 1. The third-order valence-corrected chi connectivity index (χ3v) is 2.68. The Morgan fingerprint density at radius 2 is 2.20 bits per heavy atom. The summed E-state index contributed by atoms with van der Waals surface area (Å²) < 4.78 is 10.7. The van der Waals surface area contributed by atoms with Crippen LogP contribution >= 0.6 is 0 Å². The second-order valence-electron chi connectivity index (χ2n) is 3.97. The number of ether oxygens (including phenoxy) is 2. The van der Waals surface area contributed by atoms with E-state index in [0.29, 0.717) is 22.8 Å². The molecule has 0 radical (unpaired) electrons. The summed E-state index contributed by atoms with van der Waals surface area (Å²) in [5.74, 6) is 1.05. The Morgan fingerprint density at radius 1 is 1.35 bits per heavy atom. The summed E-state index contributed by atoms with van der Waals surface area (Å²) in [6, 6.07) is 10.3. The van der Waals surface area contributed by atoms with Crippen LogP contribution in [0.15, 0.2) is 36.5 Å². The molecular formula is C15H12N2O3. The molecule has 1 aromatic heterocycles. The third-order valence-electron chi connectivity index (χ3n) is 2.68. The maximum atomic E-state index is 11.0. The van der Waals surface area contributed by atoms with Gasteiger partial charge in [0.1, 0.15) is 29.9 Å². The smallest absolute Gasteiger partial charge is 0.153 e. The van der Waals surface area contributed by atoms with E-state index < -0.39 is 0 Å². The second kappa shape index (κ2) is 6.34. The first-order valence-corrected chi connectivity index (χ1v) is 5.88. The average Bonchev–Trinajstić information content (AvgIpc) is 2.52. The van der Waals surface area contributed by atoms with Crippen LogP contribution in [0.3, 0.4) is 0 Å². The zero-order chi connectivity index (χ0) is 14.4. The lowest BCUT2D eigenvalue weighted by atomic mass is 10.2. The minimum atomic E-state index is 0.241. The van der Waals surface area contributed by atoms with Gasteiger partial charge in [-0.1, -0.05) is 0 Å². The predicted octanol–water partition coefficient (Wildman–Crippen LogP) is 2.35. The van der Waals surface area contributed by atoms with Crippen LogP contribution in [0.5, 0.6) is 11.5 Å². The number of aromatic nitrogens is 1. The number of hydrogen-bond donors (Lipinski definition) is 0. The van der Waals surface area contributed by atoms with Crippen LogP contribution < -0.4 is 9.47 Å². The van der Waals surface area contributed by atoms with Crippen molar-refractivity contribution in [3.05, 3.63) is 53.3 Å². The van der Waals surface area contributed by atoms with Gasteiger partial charge in [-0.25, -0.2) is 4.98 Å². The Kier molecular flexibility index (Phi) is 4.30. The van der Waals surface area contributed by atoms with Gasteiger partial charge in [0.05, 0.1) is 12.7 Å². The number of rotatable bonds is 5. The lowest BCUT2D eigenvalue weighted by Gasteiger charge is -2.10. The molecule has 2 rings (SSSR count). The van der Waals surface area contributed by atoms with Crippen molar-refractivity contribution in [3.63, 3.8) is 0 Å². The molecule has 20 heavy (non-hydrogen) atoms. The number of carbonyl (C=O) groups is 1. The summed E-state index contributed by atoms with van der Waals surface area (Å²) in [6.07, 6.45) is 2.27. The van der Waals surface area contributed by atoms with E-state index in [1.807, 2.05) is 6.07 Å². The van der Waals surface area contributed by atoms with Gasteiger partial charge in [-0.3, -0.25) is 4.79 Å². The molecule has 0 bridgehead atoms. The van der Waals surface area contributed by atoms with E-state index in [2.05, 4.69) is 4.98 Å². The Morgan fingerprint density at radius 3 is 2.90 bits per heavy atom. The summed E-state index contributed by atoms with van der Waals surface area (Å²) in [7, 11) is 1.54. The number of hydrogen-bond acceptors (Lipinski definition) is 5. The van der Waals surface area contributed by atoms with E-state index in [9.17, 15) is 4.79 Å². The molecule has 0 spiro atoms. The second-order valence-corrected chi connectivity index (χ2v) is 3.97. The van der Waals surface area contributed by atoms with Gasteiger partial charge in [-0.2, -0.15) is 5.26 Å². The predicted molar refractivity (Wildman–Crippen MR) is 71.7 cm³/mol. The van der Waals surface area contributed by atoms with Crippen LogP contribution in [-0.2, 0) is 6.61 Å². The first-order chi connectivity index (χ1) is 9.76. The van der Waals surface area contributed by atoms with Gasteiger partial charge in [0.15, 0.2) is 6.29 Å². The van der Waals surface area contributed by atoms with Crippen molar-refractivity contribution < 1.29 is 14.3 Å². The molecule has 0 aliphatic heterocycles. The normalized spacial score (nSPS) is 9.60. The number of pyridine rings is 1. The van der Waals surface area contributed by atoms with E-state index in [-0.39, 0.29) is 6.61 Å². The number of nitrogens with zero attached hydrogens (tertiary/aromatic N) is 2. The number of methoxy groups -OCH3 is 1. The fourth-order valence-corrected chi connectivity index (χ4v) is 1.65. The SMILES string of the molecule is COc1ccc(C=O)c(OCc2ccnc(C#N)c2)c1. The van der Waals surface area contributed by atoms with Gasteiger partial charge in [0.2, 0.25) is 0 Å². The molecule has 1 heterocycles. The molecule has 0 aliphatic carbocycles. The summed E-state index contributed by atoms with van der Waals surface area (Å²) in [6.45, 7) is 0.241. The number of benzene rings is 1. The van der Waals surface area contributed by atoms with Crippen molar-refractivity contribution in [2.24, 2.45) is 0 Å². The Balaban J connectivity index is 2.17. The number of nitriles is 1. The highest BCUT2D eigenvalue weighted by Gasteiger charge is 2.06. The molecule has 0 amide bonds. The van der Waals surface area contributed by atoms with E-state index in [4.69, 9.17) is 14.7 Å². The first-order valence-electron chi connectivity index (χ1n) is 5.88. The quantitative estimate of drug-likeness (QED) is 0.778. The molecule has 0 saturated carbocycles. The van der Waals surface area contributed by atoms with E-state index in [0.717, 1.165) is 11.8 Å². The van der Waals surface area contributed by atoms with Crippen molar-refractivity contribution in [2.75, 3.05) is 7.11 Å². The van der Waals surface area contributed by atoms with Crippen LogP contribution in [0.2, 0.25) is 0 Å². The highest BCUT2D eigenvalue weighted by Crippen LogP contribution is 2.24. The fourth-order valence-electron chi connectivity index (χ4n) is 1.65. The molecule has 5 heteroatoms. The molecule has 5 nitrogen and oxygen atoms in total. The Hall–Kier alpha value is -2.87. The van der Waals surface area contributed by atoms with Gasteiger partial charge in [-0.15, -0.1) is 0 Å². The Labute approximate surface area is 116 Å². The van der Waals surface area contributed by atoms with E-state index in [1.54, 1.807) is 43.6 Å². The first kappa shape index (κ1) is 13.6. The molecule has 2 aromatic rings. The summed E-state index contributed by atoms with van der Waals surface area (Å²) >= 11 is 0. The minimum Gasteiger partial charge on any atom is -0.497 e. The van der Waals surface area contributed by atoms with Crippen LogP contribution in [0, 0.1) is 11.3 Å². The lowest BCUT2D eigenvalue weighted by molar-refractivity contribution is 0.111. The molecule has 0 fully saturated rings. The molecule has 0 atom stereocenters. The summed E-state index contributed by atoms with van der Waals surface area (Å²) in [4.78, 5) is 14.8. The maximum absolute atomic E-state index is 11.0. The van der Waals surface area contributed by atoms with Crippen LogP contribution in [-0.4, -0.2) is 18.4 Å². The zero-order valence-corrected chi connectivity index (χ0v) is 10.9. The standard InChI is InChI=1S/C15H12N2O3/c1-19-14-3-2-12(9-18)15(7-14)20-10-11-4-5-17-13(6-11)8-16/h2-7,9H,10H2,1H3. The van der Waals surface area contributed by atoms with Crippen LogP contribution in [0.4, 0.5) is 0 Å². The Bertz CT molecular complexity index is 662. The molecule has 0 unspecified atom stereocenters. The highest BCUT2D eigenvalue weighted by molar-refractivity contribution is 5.79. The van der Waals surface area contributed by atoms with E-state index >= 15 is 0 Å². The highest BCUT2D eigenvalue weighted by atomic mass is 16.5. The van der Waals surface area contributed by atoms with Crippen molar-refractivity contribution in [1.82, 2.24) is 4.98 Å². The van der Waals surface area contributed by atoms with Gasteiger partial charge >= 0.3 is 0 Å². The van der Waals surface area contributed by atoms with Crippen molar-refractivity contribution in [3.8, 4) is 17.6 Å². The monoisotopic (exact) mass is 268 g/mol. The fraction of sp³-hybridized carbons (Fsp3) is 0.133. The molecule has 1 aromatic carbocycles. The van der Waals surface area contributed by atoms with Crippen LogP contribution in [0.1, 0.15) is 21.6 Å². The number of aldehydes is 1. The van der Waals surface area contributed by atoms with Crippen molar-refractivity contribution in [1.29, 1.82) is 5.26 Å². The molecule has 0 aliphatic rings. The molecule has 0 N–H and O–H groups in total. The minimum absolute atomic E-state index is 0.241. The topological polar surface area (TPSA) is 72.2 Å². The lowest BCUT2D eigenvalue weighted by Crippen LogP contribution is -2.00. The van der Waals surface area contributed by atoms with Gasteiger partial charge in [-0.05, 0) is 29.8 Å².